The predicted octanol–water partition coefficient (Wildman–Crippen LogP) is 2.78. The molecule has 24 heavy (non-hydrogen) atoms. The minimum atomic E-state index is -0.407. The lowest BCUT2D eigenvalue weighted by molar-refractivity contribution is 0.0938. The Bertz CT molecular complexity index is 770. The molecule has 2 unspecified atom stereocenters. The summed E-state index contributed by atoms with van der Waals surface area (Å²) in [5.41, 5.74) is 1.42. The lowest BCUT2D eigenvalue weighted by atomic mass is 10.0. The van der Waals surface area contributed by atoms with Crippen LogP contribution in [0.25, 0.3) is 0 Å². The molecule has 2 aromatic rings. The fourth-order valence-electron chi connectivity index (χ4n) is 2.34. The molecule has 2 heterocycles. The van der Waals surface area contributed by atoms with Crippen molar-refractivity contribution >= 4 is 5.91 Å². The first kappa shape index (κ1) is 17.7. The van der Waals surface area contributed by atoms with Crippen LogP contribution < -0.4 is 15.6 Å². The molecule has 0 bridgehead atoms. The van der Waals surface area contributed by atoms with Gasteiger partial charge in [0.1, 0.15) is 5.56 Å². The lowest BCUT2D eigenvalue weighted by Gasteiger charge is -2.15. The predicted molar refractivity (Wildman–Crippen MR) is 92.4 cm³/mol. The summed E-state index contributed by atoms with van der Waals surface area (Å²) >= 11 is 0. The molecular formula is C18H23N3O3. The van der Waals surface area contributed by atoms with Gasteiger partial charge < -0.3 is 15.0 Å². The number of carbonyl (C=O) groups excluding carboxylic acids is 1. The van der Waals surface area contributed by atoms with E-state index in [1.807, 2.05) is 20.8 Å². The van der Waals surface area contributed by atoms with E-state index in [2.05, 4.69) is 15.3 Å². The fourth-order valence-corrected chi connectivity index (χ4v) is 2.34. The summed E-state index contributed by atoms with van der Waals surface area (Å²) in [6.07, 6.45) is 2.53. The molecule has 0 aromatic carbocycles. The topological polar surface area (TPSA) is 84.1 Å². The summed E-state index contributed by atoms with van der Waals surface area (Å²) in [4.78, 5) is 31.4. The van der Waals surface area contributed by atoms with Crippen LogP contribution in [0.4, 0.5) is 0 Å². The zero-order valence-corrected chi connectivity index (χ0v) is 14.4. The van der Waals surface area contributed by atoms with Crippen molar-refractivity contribution in [1.29, 1.82) is 0 Å². The molecule has 6 heteroatoms. The van der Waals surface area contributed by atoms with Crippen molar-refractivity contribution in [2.24, 2.45) is 0 Å². The molecule has 2 aromatic heterocycles. The summed E-state index contributed by atoms with van der Waals surface area (Å²) in [6, 6.07) is 6.65. The van der Waals surface area contributed by atoms with Gasteiger partial charge in [-0.05, 0) is 43.0 Å². The molecular weight excluding hydrogens is 306 g/mol. The van der Waals surface area contributed by atoms with Crippen LogP contribution in [0.2, 0.25) is 0 Å². The molecule has 2 N–H and O–H groups in total. The Morgan fingerprint density at radius 3 is 2.71 bits per heavy atom. The zero-order chi connectivity index (χ0) is 17.7. The van der Waals surface area contributed by atoms with Crippen LogP contribution in [0, 0.1) is 0 Å². The SMILES string of the molecule is CCC(C)c1ccc(C(=O)NC(C)c2ccnc(OC)c2)c(=O)[nH]1. The van der Waals surface area contributed by atoms with E-state index < -0.39 is 5.91 Å². The van der Waals surface area contributed by atoms with E-state index in [-0.39, 0.29) is 23.1 Å². The van der Waals surface area contributed by atoms with Gasteiger partial charge in [0.05, 0.1) is 13.2 Å². The van der Waals surface area contributed by atoms with Crippen LogP contribution in [0.15, 0.2) is 35.3 Å². The number of carbonyl (C=O) groups is 1. The van der Waals surface area contributed by atoms with Crippen LogP contribution in [0.1, 0.15) is 60.8 Å². The number of methoxy groups -OCH3 is 1. The normalized spacial score (nSPS) is 13.2. The zero-order valence-electron chi connectivity index (χ0n) is 14.4. The van der Waals surface area contributed by atoms with E-state index in [0.29, 0.717) is 5.88 Å². The number of hydrogen-bond acceptors (Lipinski definition) is 4. The highest BCUT2D eigenvalue weighted by Crippen LogP contribution is 2.17. The second-order valence-electron chi connectivity index (χ2n) is 5.79. The smallest absolute Gasteiger partial charge is 0.261 e. The number of rotatable bonds is 6. The monoisotopic (exact) mass is 329 g/mol. The Balaban J connectivity index is 2.15. The van der Waals surface area contributed by atoms with E-state index in [9.17, 15) is 9.59 Å². The molecule has 0 radical (unpaired) electrons. The standard InChI is InChI=1S/C18H23N3O3/c1-5-11(2)15-7-6-14(18(23)21-15)17(22)20-12(3)13-8-9-19-16(10-13)24-4/h6-12H,5H2,1-4H3,(H,20,22)(H,21,23). The molecule has 0 saturated heterocycles. The highest BCUT2D eigenvalue weighted by molar-refractivity contribution is 5.94. The first-order valence-electron chi connectivity index (χ1n) is 8.00. The van der Waals surface area contributed by atoms with E-state index in [1.54, 1.807) is 30.5 Å². The largest absolute Gasteiger partial charge is 0.481 e. The van der Waals surface area contributed by atoms with E-state index in [1.165, 1.54) is 7.11 Å². The van der Waals surface area contributed by atoms with Gasteiger partial charge in [-0.25, -0.2) is 4.98 Å². The first-order valence-corrected chi connectivity index (χ1v) is 8.00. The van der Waals surface area contributed by atoms with Gasteiger partial charge in [0.2, 0.25) is 5.88 Å². The summed E-state index contributed by atoms with van der Waals surface area (Å²) in [5, 5.41) is 2.83. The Labute approximate surface area is 141 Å². The number of aromatic nitrogens is 2. The minimum absolute atomic E-state index is 0.106. The van der Waals surface area contributed by atoms with Gasteiger partial charge in [-0.3, -0.25) is 9.59 Å². The maximum Gasteiger partial charge on any atom is 0.261 e. The number of nitrogens with one attached hydrogen (secondary N) is 2. The van der Waals surface area contributed by atoms with Gasteiger partial charge >= 0.3 is 0 Å². The molecule has 0 spiro atoms. The van der Waals surface area contributed by atoms with Gasteiger partial charge in [-0.15, -0.1) is 0 Å². The lowest BCUT2D eigenvalue weighted by Crippen LogP contribution is -2.32. The Morgan fingerprint density at radius 2 is 2.08 bits per heavy atom. The maximum absolute atomic E-state index is 12.4. The molecule has 0 saturated carbocycles. The molecule has 0 aliphatic carbocycles. The number of pyridine rings is 2. The first-order chi connectivity index (χ1) is 11.5. The number of amides is 1. The Hall–Kier alpha value is -2.63. The molecule has 0 aliphatic heterocycles. The van der Waals surface area contributed by atoms with Crippen molar-refractivity contribution < 1.29 is 9.53 Å². The minimum Gasteiger partial charge on any atom is -0.481 e. The number of H-pyrrole nitrogens is 1. The van der Waals surface area contributed by atoms with Crippen molar-refractivity contribution in [3.63, 3.8) is 0 Å². The third kappa shape index (κ3) is 4.01. The number of ether oxygens (including phenoxy) is 1. The average Bonchev–Trinajstić information content (AvgIpc) is 2.60. The van der Waals surface area contributed by atoms with Crippen LogP contribution in [0.3, 0.4) is 0 Å². The number of aromatic amines is 1. The highest BCUT2D eigenvalue weighted by Gasteiger charge is 2.16. The van der Waals surface area contributed by atoms with Crippen LogP contribution in [-0.4, -0.2) is 23.0 Å². The average molecular weight is 329 g/mol. The van der Waals surface area contributed by atoms with Gasteiger partial charge in [-0.2, -0.15) is 0 Å². The van der Waals surface area contributed by atoms with Gasteiger partial charge in [0.25, 0.3) is 11.5 Å². The number of nitrogens with zero attached hydrogens (tertiary/aromatic N) is 1. The van der Waals surface area contributed by atoms with E-state index in [4.69, 9.17) is 4.74 Å². The molecule has 6 nitrogen and oxygen atoms in total. The summed E-state index contributed by atoms with van der Waals surface area (Å²) in [7, 11) is 1.54. The van der Waals surface area contributed by atoms with Gasteiger partial charge in [0, 0.05) is 18.0 Å². The van der Waals surface area contributed by atoms with Crippen molar-refractivity contribution in [3.8, 4) is 5.88 Å². The van der Waals surface area contributed by atoms with Crippen LogP contribution >= 0.6 is 0 Å². The number of hydrogen-bond donors (Lipinski definition) is 2. The van der Waals surface area contributed by atoms with E-state index in [0.717, 1.165) is 17.7 Å². The Kier molecular flexibility index (Phi) is 5.73. The van der Waals surface area contributed by atoms with Crippen LogP contribution in [-0.2, 0) is 0 Å². The molecule has 0 aliphatic rings. The van der Waals surface area contributed by atoms with Crippen LogP contribution in [0.5, 0.6) is 5.88 Å². The third-order valence-corrected chi connectivity index (χ3v) is 4.14. The molecule has 1 amide bonds. The van der Waals surface area contributed by atoms with Crippen molar-refractivity contribution in [2.75, 3.05) is 7.11 Å². The summed E-state index contributed by atoms with van der Waals surface area (Å²) < 4.78 is 5.08. The van der Waals surface area contributed by atoms with Gasteiger partial charge in [-0.1, -0.05) is 13.8 Å². The van der Waals surface area contributed by atoms with E-state index >= 15 is 0 Å². The van der Waals surface area contributed by atoms with Crippen molar-refractivity contribution in [2.45, 2.75) is 39.2 Å². The second kappa shape index (κ2) is 7.77. The summed E-state index contributed by atoms with van der Waals surface area (Å²) in [6.45, 7) is 5.92. The fraction of sp³-hybridized carbons (Fsp3) is 0.389. The van der Waals surface area contributed by atoms with Crippen molar-refractivity contribution in [1.82, 2.24) is 15.3 Å². The maximum atomic E-state index is 12.4. The Morgan fingerprint density at radius 1 is 1.33 bits per heavy atom. The molecule has 2 atom stereocenters. The quantitative estimate of drug-likeness (QED) is 0.853. The summed E-state index contributed by atoms with van der Waals surface area (Å²) in [5.74, 6) is 0.317. The highest BCUT2D eigenvalue weighted by atomic mass is 16.5. The van der Waals surface area contributed by atoms with Crippen molar-refractivity contribution in [3.05, 3.63) is 57.6 Å². The molecule has 2 rings (SSSR count). The van der Waals surface area contributed by atoms with Gasteiger partial charge in [0.15, 0.2) is 0 Å². The second-order valence-corrected chi connectivity index (χ2v) is 5.79. The molecule has 128 valence electrons. The third-order valence-electron chi connectivity index (χ3n) is 4.14. The molecule has 0 fully saturated rings.